The number of esters is 1. The number of rotatable bonds is 6. The second-order valence-corrected chi connectivity index (χ2v) is 7.27. The Morgan fingerprint density at radius 1 is 1.00 bits per heavy atom. The first-order valence-electron chi connectivity index (χ1n) is 7.34. The smallest absolute Gasteiger partial charge is 0.339 e. The number of benzene rings is 2. The topological polar surface area (TPSA) is 89.5 Å². The van der Waals surface area contributed by atoms with Crippen LogP contribution in [0, 0.1) is 11.6 Å². The maximum Gasteiger partial charge on any atom is 0.339 e. The molecule has 9 heteroatoms. The lowest BCUT2D eigenvalue weighted by atomic mass is 10.1. The lowest BCUT2D eigenvalue weighted by Crippen LogP contribution is -2.24. The first kappa shape index (κ1) is 19.5. The molecule has 138 valence electrons. The van der Waals surface area contributed by atoms with Crippen LogP contribution in [0.25, 0.3) is 0 Å². The first-order valence-corrected chi connectivity index (χ1v) is 9.23. The van der Waals surface area contributed by atoms with Crippen molar-refractivity contribution in [2.45, 2.75) is 13.0 Å². The summed E-state index contributed by atoms with van der Waals surface area (Å²) >= 11 is 0. The van der Waals surface area contributed by atoms with Crippen molar-refractivity contribution in [2.75, 3.05) is 11.0 Å². The number of Topliss-reactive ketones (excluding diaryl/α,β-unsaturated/α-hetero) is 1. The Morgan fingerprint density at radius 3 is 2.04 bits per heavy atom. The van der Waals surface area contributed by atoms with E-state index in [-0.39, 0.29) is 16.8 Å². The number of nitrogens with one attached hydrogen (secondary N) is 1. The van der Waals surface area contributed by atoms with E-state index in [2.05, 4.69) is 4.72 Å². The number of anilines is 1. The molecule has 0 heterocycles. The molecule has 1 atom stereocenters. The van der Waals surface area contributed by atoms with E-state index in [0.29, 0.717) is 6.07 Å². The largest absolute Gasteiger partial charge is 0.451 e. The summed E-state index contributed by atoms with van der Waals surface area (Å²) in [5.41, 5.74) is 0.0913. The highest BCUT2D eigenvalue weighted by molar-refractivity contribution is 7.92. The molecule has 2 aromatic rings. The van der Waals surface area contributed by atoms with E-state index in [4.69, 9.17) is 4.74 Å². The van der Waals surface area contributed by atoms with Crippen LogP contribution in [-0.4, -0.2) is 32.5 Å². The first-order chi connectivity index (χ1) is 12.0. The molecule has 0 radical (unpaired) electrons. The average molecular weight is 383 g/mol. The third-order valence-corrected chi connectivity index (χ3v) is 3.83. The molecule has 0 aliphatic heterocycles. The van der Waals surface area contributed by atoms with Crippen LogP contribution in [0.1, 0.15) is 27.6 Å². The highest BCUT2D eigenvalue weighted by atomic mass is 32.2. The molecule has 0 spiro atoms. The van der Waals surface area contributed by atoms with Crippen LogP contribution >= 0.6 is 0 Å². The van der Waals surface area contributed by atoms with Gasteiger partial charge in [0, 0.05) is 17.3 Å². The van der Waals surface area contributed by atoms with E-state index in [1.165, 1.54) is 31.2 Å². The minimum Gasteiger partial charge on any atom is -0.451 e. The number of ketones is 1. The Hall–Kier alpha value is -2.81. The highest BCUT2D eigenvalue weighted by Gasteiger charge is 2.21. The van der Waals surface area contributed by atoms with Crippen LogP contribution in [0.15, 0.2) is 42.5 Å². The Balaban J connectivity index is 2.08. The van der Waals surface area contributed by atoms with Gasteiger partial charge in [-0.25, -0.2) is 22.0 Å². The second kappa shape index (κ2) is 7.61. The number of halogens is 2. The molecule has 0 aliphatic rings. The number of carbonyl (C=O) groups is 2. The van der Waals surface area contributed by atoms with Gasteiger partial charge < -0.3 is 4.74 Å². The van der Waals surface area contributed by atoms with E-state index in [9.17, 15) is 26.8 Å². The number of ether oxygens (including phenoxy) is 1. The van der Waals surface area contributed by atoms with E-state index >= 15 is 0 Å². The maximum atomic E-state index is 13.1. The molecule has 0 aromatic heterocycles. The van der Waals surface area contributed by atoms with Gasteiger partial charge in [-0.15, -0.1) is 0 Å². The molecule has 0 fully saturated rings. The van der Waals surface area contributed by atoms with E-state index in [0.717, 1.165) is 18.4 Å². The van der Waals surface area contributed by atoms with Crippen molar-refractivity contribution in [1.29, 1.82) is 0 Å². The monoisotopic (exact) mass is 383 g/mol. The predicted molar refractivity (Wildman–Crippen MR) is 90.5 cm³/mol. The number of hydrogen-bond donors (Lipinski definition) is 1. The fourth-order valence-corrected chi connectivity index (χ4v) is 2.67. The second-order valence-electron chi connectivity index (χ2n) is 5.52. The molecule has 0 aliphatic carbocycles. The predicted octanol–water partition coefficient (Wildman–Crippen LogP) is 2.76. The SMILES string of the molecule is C[C@H](OC(=O)c1cc(F)cc(F)c1)C(=O)c1ccc(NS(C)(=O)=O)cc1. The minimum absolute atomic E-state index is 0.176. The zero-order valence-electron chi connectivity index (χ0n) is 13.8. The van der Waals surface area contributed by atoms with Crippen LogP contribution in [0.3, 0.4) is 0 Å². The van der Waals surface area contributed by atoms with Crippen LogP contribution < -0.4 is 4.72 Å². The molecular formula is C17H15F2NO5S. The Labute approximate surface area is 148 Å². The van der Waals surface area contributed by atoms with E-state index in [1.54, 1.807) is 0 Å². The van der Waals surface area contributed by atoms with Gasteiger partial charge in [0.1, 0.15) is 11.6 Å². The van der Waals surface area contributed by atoms with Gasteiger partial charge in [0.15, 0.2) is 6.10 Å². The van der Waals surface area contributed by atoms with Crippen molar-refractivity contribution >= 4 is 27.5 Å². The van der Waals surface area contributed by atoms with Crippen molar-refractivity contribution in [2.24, 2.45) is 0 Å². The number of sulfonamides is 1. The maximum absolute atomic E-state index is 13.1. The van der Waals surface area contributed by atoms with Crippen LogP contribution in [-0.2, 0) is 14.8 Å². The van der Waals surface area contributed by atoms with Crippen LogP contribution in [0.5, 0.6) is 0 Å². The molecule has 0 saturated heterocycles. The summed E-state index contributed by atoms with van der Waals surface area (Å²) in [5, 5.41) is 0. The molecule has 0 amide bonds. The Bertz CT molecular complexity index is 922. The molecule has 6 nitrogen and oxygen atoms in total. The van der Waals surface area contributed by atoms with E-state index in [1.807, 2.05) is 0 Å². The summed E-state index contributed by atoms with van der Waals surface area (Å²) in [6, 6.07) is 7.69. The number of hydrogen-bond acceptors (Lipinski definition) is 5. The van der Waals surface area contributed by atoms with Crippen molar-refractivity contribution in [3.05, 3.63) is 65.2 Å². The summed E-state index contributed by atoms with van der Waals surface area (Å²) in [4.78, 5) is 24.2. The standard InChI is InChI=1S/C17H15F2NO5S/c1-10(25-17(22)12-7-13(18)9-14(19)8-12)16(21)11-3-5-15(6-4-11)20-26(2,23)24/h3-10,20H,1-2H3/t10-/m0/s1. The fraction of sp³-hybridized carbons (Fsp3) is 0.176. The Kier molecular flexibility index (Phi) is 5.71. The summed E-state index contributed by atoms with van der Waals surface area (Å²) < 4.78 is 55.8. The van der Waals surface area contributed by atoms with Gasteiger partial charge in [0.2, 0.25) is 15.8 Å². The average Bonchev–Trinajstić information content (AvgIpc) is 2.52. The quantitative estimate of drug-likeness (QED) is 0.612. The third kappa shape index (κ3) is 5.35. The summed E-state index contributed by atoms with van der Waals surface area (Å²) in [5.74, 6) is -3.48. The van der Waals surface area contributed by atoms with Crippen LogP contribution in [0.4, 0.5) is 14.5 Å². The van der Waals surface area contributed by atoms with Gasteiger partial charge in [-0.1, -0.05) is 0 Å². The lowest BCUT2D eigenvalue weighted by molar-refractivity contribution is 0.0318. The van der Waals surface area contributed by atoms with Gasteiger partial charge in [-0.05, 0) is 43.3 Å². The fourth-order valence-electron chi connectivity index (χ4n) is 2.11. The summed E-state index contributed by atoms with van der Waals surface area (Å²) in [6.45, 7) is 1.32. The third-order valence-electron chi connectivity index (χ3n) is 3.22. The summed E-state index contributed by atoms with van der Waals surface area (Å²) in [7, 11) is -3.45. The zero-order valence-corrected chi connectivity index (χ0v) is 14.6. The minimum atomic E-state index is -3.45. The van der Waals surface area contributed by atoms with E-state index < -0.39 is 39.5 Å². The van der Waals surface area contributed by atoms with Crippen molar-refractivity contribution in [1.82, 2.24) is 0 Å². The van der Waals surface area contributed by atoms with Crippen LogP contribution in [0.2, 0.25) is 0 Å². The normalized spacial score (nSPS) is 12.3. The van der Waals surface area contributed by atoms with Gasteiger partial charge in [-0.2, -0.15) is 0 Å². The van der Waals surface area contributed by atoms with Crippen molar-refractivity contribution in [3.8, 4) is 0 Å². The molecular weight excluding hydrogens is 368 g/mol. The molecule has 2 rings (SSSR count). The highest BCUT2D eigenvalue weighted by Crippen LogP contribution is 2.15. The van der Waals surface area contributed by atoms with Gasteiger partial charge in [-0.3, -0.25) is 9.52 Å². The molecule has 2 aromatic carbocycles. The van der Waals surface area contributed by atoms with Crippen molar-refractivity contribution < 1.29 is 31.5 Å². The molecule has 1 N–H and O–H groups in total. The van der Waals surface area contributed by atoms with Gasteiger partial charge >= 0.3 is 5.97 Å². The van der Waals surface area contributed by atoms with Gasteiger partial charge in [0.05, 0.1) is 11.8 Å². The van der Waals surface area contributed by atoms with Gasteiger partial charge in [0.25, 0.3) is 0 Å². The summed E-state index contributed by atoms with van der Waals surface area (Å²) in [6.07, 6.45) is -0.217. The van der Waals surface area contributed by atoms with Crippen molar-refractivity contribution in [3.63, 3.8) is 0 Å². The molecule has 26 heavy (non-hydrogen) atoms. The lowest BCUT2D eigenvalue weighted by Gasteiger charge is -2.13. The number of carbonyl (C=O) groups excluding carboxylic acids is 2. The molecule has 0 unspecified atom stereocenters. The Morgan fingerprint density at radius 2 is 1.54 bits per heavy atom. The molecule has 0 saturated carbocycles. The molecule has 0 bridgehead atoms. The zero-order chi connectivity index (χ0) is 19.5.